The number of nitrogens with one attached hydrogen (secondary N) is 1. The summed E-state index contributed by atoms with van der Waals surface area (Å²) in [6.45, 7) is 22.7. The SMILES string of the molecule is CN1CCC(c2ccc3nc(-c4ccc5nn(C)cc5c4)cc(=O)n3n2)CC1.Cc1cn2cc(-c3cc(=O)n4cc(C5CCN(C(C)C)CC5)ccc4n3)cc(Cl)c2n1.Cc1cn2nc(-c3cc(=O)n4cc(N5CCCN(C)CC5)cc(C)c4n3)cc2c(C)n1.Cn1cc2cc(-c3cc(=O)n4nc(C5CCNCC5)ccc4n3)ccc2n1. The number of benzene rings is 2. The summed E-state index contributed by atoms with van der Waals surface area (Å²) < 4.78 is 13.4. The summed E-state index contributed by atoms with van der Waals surface area (Å²) in [5.41, 5.74) is 19.1. The van der Waals surface area contributed by atoms with Crippen LogP contribution in [0.15, 0.2) is 178 Å². The molecule has 0 spiro atoms. The fourth-order valence-electron chi connectivity index (χ4n) is 16.7. The van der Waals surface area contributed by atoms with Crippen molar-refractivity contribution in [2.24, 2.45) is 14.1 Å². The van der Waals surface area contributed by atoms with Crippen LogP contribution in [0.4, 0.5) is 5.69 Å². The highest BCUT2D eigenvalue weighted by atomic mass is 35.5. The van der Waals surface area contributed by atoms with Crippen molar-refractivity contribution < 1.29 is 0 Å². The largest absolute Gasteiger partial charge is 0.369 e. The topological polar surface area (TPSA) is 271 Å². The van der Waals surface area contributed by atoms with Gasteiger partial charge < -0.3 is 29.3 Å². The predicted octanol–water partition coefficient (Wildman–Crippen LogP) is 11.6. The third-order valence-electron chi connectivity index (χ3n) is 23.2. The Bertz CT molecular complexity index is 6730. The number of pyridine rings is 3. The van der Waals surface area contributed by atoms with Gasteiger partial charge in [0.2, 0.25) is 0 Å². The molecule has 1 N–H and O–H groups in total. The van der Waals surface area contributed by atoms with Gasteiger partial charge in [-0.2, -0.15) is 34.5 Å². The molecular weight excluding hydrogens is 1490 g/mol. The molecule has 0 unspecified atom stereocenters. The Morgan fingerprint density at radius 2 is 1.01 bits per heavy atom. The molecule has 18 heterocycles. The van der Waals surface area contributed by atoms with Crippen LogP contribution in [0.5, 0.6) is 0 Å². The van der Waals surface area contributed by atoms with Gasteiger partial charge in [-0.3, -0.25) is 42.3 Å². The van der Waals surface area contributed by atoms with Crippen molar-refractivity contribution in [3.63, 3.8) is 0 Å². The van der Waals surface area contributed by atoms with Crippen molar-refractivity contribution in [3.05, 3.63) is 245 Å². The molecule has 117 heavy (non-hydrogen) atoms. The van der Waals surface area contributed by atoms with Crippen LogP contribution in [0.1, 0.15) is 116 Å². The minimum Gasteiger partial charge on any atom is -0.369 e. The van der Waals surface area contributed by atoms with Crippen LogP contribution in [-0.4, -0.2) is 192 Å². The van der Waals surface area contributed by atoms with E-state index in [1.165, 1.54) is 14.6 Å². The normalized spacial score (nSPS) is 15.9. The van der Waals surface area contributed by atoms with Gasteiger partial charge in [0.1, 0.15) is 17.0 Å². The molecule has 29 heteroatoms. The number of aromatic nitrogens is 19. The number of hydrogen-bond donors (Lipinski definition) is 1. The first-order valence-corrected chi connectivity index (χ1v) is 40.7. The summed E-state index contributed by atoms with van der Waals surface area (Å²) in [6.07, 6.45) is 21.1. The zero-order chi connectivity index (χ0) is 81.0. The molecule has 28 nitrogen and oxygen atoms in total. The number of hydrogen-bond acceptors (Lipinski definition) is 20. The summed E-state index contributed by atoms with van der Waals surface area (Å²) in [5, 5.41) is 28.6. The van der Waals surface area contributed by atoms with Crippen molar-refractivity contribution in [1.29, 1.82) is 0 Å². The van der Waals surface area contributed by atoms with Gasteiger partial charge in [-0.05, 0) is 236 Å². The molecule has 4 aliphatic heterocycles. The van der Waals surface area contributed by atoms with Crippen molar-refractivity contribution in [2.75, 3.05) is 84.4 Å². The van der Waals surface area contributed by atoms with E-state index in [4.69, 9.17) is 21.6 Å². The zero-order valence-electron chi connectivity index (χ0n) is 67.6. The Morgan fingerprint density at radius 3 is 1.66 bits per heavy atom. The highest BCUT2D eigenvalue weighted by molar-refractivity contribution is 6.33. The highest BCUT2D eigenvalue weighted by Gasteiger charge is 2.26. The Hall–Kier alpha value is -12.1. The summed E-state index contributed by atoms with van der Waals surface area (Å²) in [7, 11) is 8.09. The molecule has 0 amide bonds. The van der Waals surface area contributed by atoms with Crippen molar-refractivity contribution in [3.8, 4) is 45.2 Å². The van der Waals surface area contributed by atoms with Gasteiger partial charge in [-0.1, -0.05) is 29.8 Å². The minimum atomic E-state index is -0.155. The third-order valence-corrected chi connectivity index (χ3v) is 23.5. The van der Waals surface area contributed by atoms with E-state index in [1.54, 1.807) is 42.4 Å². The lowest BCUT2D eigenvalue weighted by Crippen LogP contribution is -2.37. The maximum atomic E-state index is 13.1. The first kappa shape index (κ1) is 77.5. The lowest BCUT2D eigenvalue weighted by atomic mass is 9.90. The minimum absolute atomic E-state index is 0.0838. The fourth-order valence-corrected chi connectivity index (χ4v) is 17.0. The molecule has 0 atom stereocenters. The van der Waals surface area contributed by atoms with Crippen LogP contribution >= 0.6 is 11.6 Å². The van der Waals surface area contributed by atoms with E-state index < -0.39 is 0 Å². The molecule has 0 radical (unpaired) electrons. The Morgan fingerprint density at radius 1 is 0.436 bits per heavy atom. The van der Waals surface area contributed by atoms with Crippen LogP contribution < -0.4 is 32.5 Å². The second-order valence-corrected chi connectivity index (χ2v) is 32.5. The Labute approximate surface area is 679 Å². The average Bonchev–Trinajstić information content (AvgIpc) is 1.75. The standard InChI is InChI=1S/C24H26ClN5O.C23H27N7O.C21H22N6O.C20H20N6O/c1-15(2)28-8-6-17(7-9-28)18-4-5-22-27-21(11-23(31)30(22)14-18)19-10-20(25)24-26-16(3)12-29(24)13-19;1-15-10-18(28-7-5-6-27(4)8-9-28)14-29-22(31)12-19(25-23(15)29)20-11-21-17(3)24-16(2)13-30(21)26-20;1-25-9-7-14(8-10-25)17-5-6-20-22-19(12-21(28)27(20)24-17)15-3-4-18-16(11-15)13-26(2)23-18;1-25-12-15-10-14(2-3-17(15)23-25)18-11-20(27)26-19(22-18)5-4-16(24-26)13-6-8-21-9-7-13/h4-5,10-15,17H,6-9H2,1-3H3;10-14H,5-9H2,1-4H3;3-6,11-14H,7-10H2,1-2H3;2-5,10-13,21H,6-9H2,1H3. The van der Waals surface area contributed by atoms with E-state index in [9.17, 15) is 19.2 Å². The average molecular weight is 1590 g/mol. The van der Waals surface area contributed by atoms with Gasteiger partial charge in [0, 0.05) is 141 Å². The van der Waals surface area contributed by atoms with Crippen LogP contribution in [0, 0.1) is 27.7 Å². The molecule has 0 bridgehead atoms. The third kappa shape index (κ3) is 16.5. The number of aryl methyl sites for hydroxylation is 6. The monoisotopic (exact) mass is 1590 g/mol. The van der Waals surface area contributed by atoms with E-state index in [2.05, 4.69) is 110 Å². The van der Waals surface area contributed by atoms with Crippen molar-refractivity contribution in [2.45, 2.75) is 110 Å². The molecule has 16 aromatic rings. The molecular formula is C88H95ClN24O4. The molecule has 2 aromatic carbocycles. The number of halogens is 1. The Balaban J connectivity index is 0.000000112. The number of likely N-dealkylation sites (tertiary alicyclic amines) is 2. The van der Waals surface area contributed by atoms with Gasteiger partial charge >= 0.3 is 0 Å². The van der Waals surface area contributed by atoms with E-state index >= 15 is 0 Å². The summed E-state index contributed by atoms with van der Waals surface area (Å²) in [6, 6.07) is 36.5. The number of anilines is 1. The maximum absolute atomic E-state index is 13.1. The molecule has 4 fully saturated rings. The molecule has 0 saturated carbocycles. The molecule has 14 aromatic heterocycles. The van der Waals surface area contributed by atoms with Gasteiger partial charge in [0.15, 0.2) is 16.9 Å². The van der Waals surface area contributed by atoms with Gasteiger partial charge in [0.25, 0.3) is 22.2 Å². The predicted molar refractivity (Wildman–Crippen MR) is 458 cm³/mol. The molecule has 0 aliphatic carbocycles. The summed E-state index contributed by atoms with van der Waals surface area (Å²) in [5.74, 6) is 1.28. The fraction of sp³-hybridized carbons (Fsp3) is 0.352. The quantitative estimate of drug-likeness (QED) is 0.141. The van der Waals surface area contributed by atoms with Crippen LogP contribution in [-0.2, 0) is 14.1 Å². The second kappa shape index (κ2) is 32.5. The lowest BCUT2D eigenvalue weighted by molar-refractivity contribution is 0.172. The van der Waals surface area contributed by atoms with E-state index in [1.807, 2.05) is 173 Å². The molecule has 4 aliphatic rings. The smallest absolute Gasteiger partial charge is 0.275 e. The van der Waals surface area contributed by atoms with E-state index in [-0.39, 0.29) is 22.2 Å². The number of likely N-dealkylation sites (N-methyl/N-ethyl adjacent to an activating group) is 1. The first-order chi connectivity index (χ1) is 56.5. The summed E-state index contributed by atoms with van der Waals surface area (Å²) >= 11 is 6.42. The Kier molecular flexibility index (Phi) is 21.6. The number of imidazole rings is 1. The van der Waals surface area contributed by atoms with Gasteiger partial charge in [-0.25, -0.2) is 29.4 Å². The number of piperidine rings is 3. The van der Waals surface area contributed by atoms with Crippen LogP contribution in [0.3, 0.4) is 0 Å². The van der Waals surface area contributed by atoms with Crippen LogP contribution in [0.2, 0.25) is 5.02 Å². The lowest BCUT2D eigenvalue weighted by Gasteiger charge is -2.34. The molecule has 20 rings (SSSR count). The van der Waals surface area contributed by atoms with E-state index in [0.29, 0.717) is 85.5 Å². The van der Waals surface area contributed by atoms with Gasteiger partial charge in [0.05, 0.1) is 84.7 Å². The molecule has 598 valence electrons. The zero-order valence-corrected chi connectivity index (χ0v) is 68.4. The van der Waals surface area contributed by atoms with Gasteiger partial charge in [-0.15, -0.1) is 0 Å². The number of fused-ring (bicyclic) bond motifs is 8. The number of rotatable bonds is 9. The highest BCUT2D eigenvalue weighted by Crippen LogP contribution is 2.33. The van der Waals surface area contributed by atoms with Crippen molar-refractivity contribution in [1.82, 2.24) is 112 Å². The first-order valence-electron chi connectivity index (χ1n) is 40.3. The number of nitrogens with zero attached hydrogens (tertiary/aromatic N) is 23. The van der Waals surface area contributed by atoms with Crippen molar-refractivity contribution >= 4 is 72.8 Å². The second-order valence-electron chi connectivity index (χ2n) is 32.1. The maximum Gasteiger partial charge on any atom is 0.275 e. The van der Waals surface area contributed by atoms with Crippen LogP contribution in [0.25, 0.3) is 101 Å². The molecule has 4 saturated heterocycles. The van der Waals surface area contributed by atoms with E-state index in [0.717, 1.165) is 194 Å². The summed E-state index contributed by atoms with van der Waals surface area (Å²) in [4.78, 5) is 88.9.